The molecule has 1 amide bonds. The predicted molar refractivity (Wildman–Crippen MR) is 100 cm³/mol. The summed E-state index contributed by atoms with van der Waals surface area (Å²) in [5, 5.41) is 3.26. The van der Waals surface area contributed by atoms with Gasteiger partial charge in [-0.25, -0.2) is 8.42 Å². The zero-order chi connectivity index (χ0) is 17.6. The van der Waals surface area contributed by atoms with E-state index in [9.17, 15) is 13.2 Å². The van der Waals surface area contributed by atoms with E-state index in [1.807, 2.05) is 7.05 Å². The van der Waals surface area contributed by atoms with E-state index in [0.29, 0.717) is 18.9 Å². The van der Waals surface area contributed by atoms with Crippen molar-refractivity contribution < 1.29 is 17.9 Å². The van der Waals surface area contributed by atoms with Crippen molar-refractivity contribution in [2.75, 3.05) is 39.5 Å². The summed E-state index contributed by atoms with van der Waals surface area (Å²) in [5.74, 6) is 0.990. The molecule has 8 heteroatoms. The van der Waals surface area contributed by atoms with Crippen molar-refractivity contribution >= 4 is 28.2 Å². The summed E-state index contributed by atoms with van der Waals surface area (Å²) in [5.41, 5.74) is 0. The average molecular weight is 391 g/mol. The number of carbonyl (C=O) groups excluding carboxylic acids is 1. The van der Waals surface area contributed by atoms with Gasteiger partial charge in [0.25, 0.3) is 0 Å². The largest absolute Gasteiger partial charge is 0.494 e. The van der Waals surface area contributed by atoms with Gasteiger partial charge in [0.05, 0.1) is 11.5 Å². The lowest BCUT2D eigenvalue weighted by Gasteiger charge is -2.26. The highest BCUT2D eigenvalue weighted by molar-refractivity contribution is 7.90. The summed E-state index contributed by atoms with van der Waals surface area (Å²) >= 11 is 0. The summed E-state index contributed by atoms with van der Waals surface area (Å²) < 4.78 is 28.4. The number of piperidine rings is 1. The Labute approximate surface area is 156 Å². The molecule has 1 aromatic carbocycles. The SMILES string of the molecule is CN(CCCOc1ccc(S(C)(=O)=O)cc1)C(=O)C1CCNCC1.Cl. The van der Waals surface area contributed by atoms with Crippen molar-refractivity contribution in [1.82, 2.24) is 10.2 Å². The molecule has 0 radical (unpaired) electrons. The fourth-order valence-electron chi connectivity index (χ4n) is 2.77. The highest BCUT2D eigenvalue weighted by Gasteiger charge is 2.23. The summed E-state index contributed by atoms with van der Waals surface area (Å²) in [6, 6.07) is 6.38. The molecule has 1 heterocycles. The third-order valence-corrected chi connectivity index (χ3v) is 5.35. The number of benzene rings is 1. The van der Waals surface area contributed by atoms with Crippen molar-refractivity contribution in [3.63, 3.8) is 0 Å². The van der Waals surface area contributed by atoms with Crippen LogP contribution in [-0.4, -0.2) is 58.8 Å². The second kappa shape index (κ2) is 9.99. The number of sulfone groups is 1. The number of hydrogen-bond acceptors (Lipinski definition) is 5. The molecule has 142 valence electrons. The van der Waals surface area contributed by atoms with Gasteiger partial charge < -0.3 is 15.0 Å². The fourth-order valence-corrected chi connectivity index (χ4v) is 3.40. The first-order chi connectivity index (χ1) is 11.4. The van der Waals surface area contributed by atoms with E-state index >= 15 is 0 Å². The van der Waals surface area contributed by atoms with Gasteiger partial charge in [-0.05, 0) is 56.6 Å². The van der Waals surface area contributed by atoms with E-state index < -0.39 is 9.84 Å². The Hall–Kier alpha value is -1.31. The Balaban J connectivity index is 0.00000312. The second-order valence-corrected chi connectivity index (χ2v) is 8.25. The molecule has 1 fully saturated rings. The van der Waals surface area contributed by atoms with Crippen LogP contribution in [0, 0.1) is 5.92 Å². The number of amides is 1. The predicted octanol–water partition coefficient (Wildman–Crippen LogP) is 1.74. The Bertz CT molecular complexity index is 643. The molecule has 2 rings (SSSR count). The summed E-state index contributed by atoms with van der Waals surface area (Å²) in [4.78, 5) is 14.4. The number of nitrogens with zero attached hydrogens (tertiary/aromatic N) is 1. The molecule has 1 N–H and O–H groups in total. The average Bonchev–Trinajstić information content (AvgIpc) is 2.58. The lowest BCUT2D eigenvalue weighted by Crippen LogP contribution is -2.39. The van der Waals surface area contributed by atoms with Crippen LogP contribution in [0.2, 0.25) is 0 Å². The maximum Gasteiger partial charge on any atom is 0.225 e. The van der Waals surface area contributed by atoms with E-state index in [-0.39, 0.29) is 29.1 Å². The summed E-state index contributed by atoms with van der Waals surface area (Å²) in [6.45, 7) is 2.97. The van der Waals surface area contributed by atoms with Crippen molar-refractivity contribution in [1.29, 1.82) is 0 Å². The third kappa shape index (κ3) is 6.84. The minimum atomic E-state index is -3.18. The van der Waals surface area contributed by atoms with Crippen molar-refractivity contribution in [2.24, 2.45) is 5.92 Å². The van der Waals surface area contributed by atoms with E-state index in [0.717, 1.165) is 32.4 Å². The Morgan fingerprint density at radius 2 is 1.84 bits per heavy atom. The topological polar surface area (TPSA) is 75.7 Å². The fraction of sp³-hybridized carbons (Fsp3) is 0.588. The standard InChI is InChI=1S/C17H26N2O4S.ClH/c1-19(17(20)14-8-10-18-11-9-14)12-3-13-23-15-4-6-16(7-5-15)24(2,21)22;/h4-7,14,18H,3,8-13H2,1-2H3;1H. The molecule has 0 aliphatic carbocycles. The molecule has 0 aromatic heterocycles. The molecular weight excluding hydrogens is 364 g/mol. The monoisotopic (exact) mass is 390 g/mol. The Morgan fingerprint density at radius 1 is 1.24 bits per heavy atom. The van der Waals surface area contributed by atoms with Gasteiger partial charge in [0.2, 0.25) is 5.91 Å². The van der Waals surface area contributed by atoms with E-state index in [4.69, 9.17) is 4.74 Å². The number of rotatable bonds is 7. The van der Waals surface area contributed by atoms with Gasteiger partial charge in [-0.1, -0.05) is 0 Å². The van der Waals surface area contributed by atoms with Crippen LogP contribution in [0.4, 0.5) is 0 Å². The van der Waals surface area contributed by atoms with Crippen molar-refractivity contribution in [3.05, 3.63) is 24.3 Å². The first-order valence-electron chi connectivity index (χ1n) is 8.26. The van der Waals surface area contributed by atoms with Crippen LogP contribution in [0.25, 0.3) is 0 Å². The highest BCUT2D eigenvalue weighted by atomic mass is 35.5. The molecule has 1 aliphatic rings. The Kier molecular flexibility index (Phi) is 8.68. The van der Waals surface area contributed by atoms with Gasteiger partial charge in [-0.15, -0.1) is 12.4 Å². The molecule has 1 saturated heterocycles. The molecule has 0 atom stereocenters. The maximum atomic E-state index is 12.3. The van der Waals surface area contributed by atoms with Crippen LogP contribution in [0.3, 0.4) is 0 Å². The minimum Gasteiger partial charge on any atom is -0.494 e. The number of carbonyl (C=O) groups is 1. The van der Waals surface area contributed by atoms with Crippen LogP contribution in [-0.2, 0) is 14.6 Å². The maximum absolute atomic E-state index is 12.3. The minimum absolute atomic E-state index is 0. The van der Waals surface area contributed by atoms with Crippen LogP contribution in [0.1, 0.15) is 19.3 Å². The van der Waals surface area contributed by atoms with Gasteiger partial charge in [-0.3, -0.25) is 4.79 Å². The molecule has 0 bridgehead atoms. The number of halogens is 1. The molecule has 0 spiro atoms. The lowest BCUT2D eigenvalue weighted by atomic mass is 9.97. The molecule has 1 aliphatic heterocycles. The van der Waals surface area contributed by atoms with E-state index in [2.05, 4.69) is 5.32 Å². The molecule has 1 aromatic rings. The molecule has 25 heavy (non-hydrogen) atoms. The quantitative estimate of drug-likeness (QED) is 0.717. The Morgan fingerprint density at radius 3 is 2.40 bits per heavy atom. The van der Waals surface area contributed by atoms with E-state index in [1.165, 1.54) is 18.4 Å². The van der Waals surface area contributed by atoms with Crippen LogP contribution < -0.4 is 10.1 Å². The smallest absolute Gasteiger partial charge is 0.225 e. The van der Waals surface area contributed by atoms with Gasteiger partial charge in [-0.2, -0.15) is 0 Å². The third-order valence-electron chi connectivity index (χ3n) is 4.22. The first kappa shape index (κ1) is 21.7. The molecule has 0 unspecified atom stereocenters. The lowest BCUT2D eigenvalue weighted by molar-refractivity contribution is -0.135. The van der Waals surface area contributed by atoms with Crippen molar-refractivity contribution in [2.45, 2.75) is 24.2 Å². The van der Waals surface area contributed by atoms with Crippen LogP contribution >= 0.6 is 12.4 Å². The molecular formula is C17H27ClN2O4S. The van der Waals surface area contributed by atoms with Crippen molar-refractivity contribution in [3.8, 4) is 5.75 Å². The number of hydrogen-bond donors (Lipinski definition) is 1. The zero-order valence-electron chi connectivity index (χ0n) is 14.7. The van der Waals surface area contributed by atoms with Gasteiger partial charge in [0.15, 0.2) is 9.84 Å². The van der Waals surface area contributed by atoms with Crippen LogP contribution in [0.5, 0.6) is 5.75 Å². The van der Waals surface area contributed by atoms with E-state index in [1.54, 1.807) is 17.0 Å². The number of nitrogens with one attached hydrogen (secondary N) is 1. The summed E-state index contributed by atoms with van der Waals surface area (Å²) in [6.07, 6.45) is 3.73. The van der Waals surface area contributed by atoms with Gasteiger partial charge >= 0.3 is 0 Å². The van der Waals surface area contributed by atoms with Gasteiger partial charge in [0.1, 0.15) is 5.75 Å². The number of ether oxygens (including phenoxy) is 1. The van der Waals surface area contributed by atoms with Gasteiger partial charge in [0, 0.05) is 25.8 Å². The van der Waals surface area contributed by atoms with Crippen LogP contribution in [0.15, 0.2) is 29.2 Å². The first-order valence-corrected chi connectivity index (χ1v) is 10.2. The highest BCUT2D eigenvalue weighted by Crippen LogP contribution is 2.17. The molecule has 6 nitrogen and oxygen atoms in total. The normalized spacial score (nSPS) is 15.3. The summed E-state index contributed by atoms with van der Waals surface area (Å²) in [7, 11) is -1.34. The second-order valence-electron chi connectivity index (χ2n) is 6.23. The zero-order valence-corrected chi connectivity index (χ0v) is 16.4. The molecule has 0 saturated carbocycles.